The lowest BCUT2D eigenvalue weighted by Gasteiger charge is -2.35. The van der Waals surface area contributed by atoms with Gasteiger partial charge in [-0.05, 0) is 74.1 Å². The van der Waals surface area contributed by atoms with Crippen LogP contribution < -0.4 is 4.74 Å². The predicted octanol–water partition coefficient (Wildman–Crippen LogP) is 4.39. The third-order valence-electron chi connectivity index (χ3n) is 6.32. The van der Waals surface area contributed by atoms with Gasteiger partial charge in [-0.15, -0.1) is 0 Å². The van der Waals surface area contributed by atoms with Crippen LogP contribution in [-0.2, 0) is 22.7 Å². The summed E-state index contributed by atoms with van der Waals surface area (Å²) in [4.78, 5) is 2.97. The topological polar surface area (TPSA) is 46.6 Å². The number of sulfone groups is 1. The van der Waals surface area contributed by atoms with Gasteiger partial charge in [0.15, 0.2) is 9.84 Å². The first-order valence-electron chi connectivity index (χ1n) is 10.3. The van der Waals surface area contributed by atoms with Crippen LogP contribution in [0.3, 0.4) is 0 Å². The van der Waals surface area contributed by atoms with Crippen LogP contribution in [0.1, 0.15) is 30.9 Å². The number of likely N-dealkylation sites (tertiary alicyclic amines) is 1. The number of hydrogen-bond donors (Lipinski definition) is 0. The molecule has 0 spiro atoms. The molecule has 29 heavy (non-hydrogen) atoms. The zero-order valence-electron chi connectivity index (χ0n) is 17.0. The van der Waals surface area contributed by atoms with Crippen LogP contribution in [0, 0.1) is 5.92 Å². The van der Waals surface area contributed by atoms with Crippen molar-refractivity contribution in [2.24, 2.45) is 5.92 Å². The van der Waals surface area contributed by atoms with E-state index in [1.54, 1.807) is 24.3 Å². The van der Waals surface area contributed by atoms with Gasteiger partial charge in [0.2, 0.25) is 0 Å². The first kappa shape index (κ1) is 20.7. The minimum absolute atomic E-state index is 0.322. The first-order chi connectivity index (χ1) is 13.8. The molecule has 2 aromatic rings. The van der Waals surface area contributed by atoms with E-state index in [4.69, 9.17) is 16.3 Å². The van der Waals surface area contributed by atoms with Crippen LogP contribution in [0.2, 0.25) is 5.02 Å². The molecule has 1 fully saturated rings. The first-order valence-corrected chi connectivity index (χ1v) is 12.5. The molecule has 4 rings (SSSR count). The van der Waals surface area contributed by atoms with E-state index in [0.717, 1.165) is 43.0 Å². The monoisotopic (exact) mass is 433 g/mol. The smallest absolute Gasteiger partial charge is 0.175 e. The molecule has 0 saturated carbocycles. The summed E-state index contributed by atoms with van der Waals surface area (Å²) in [5.74, 6) is 1.21. The molecule has 1 aliphatic carbocycles. The van der Waals surface area contributed by atoms with Crippen molar-refractivity contribution in [3.05, 3.63) is 58.6 Å². The summed E-state index contributed by atoms with van der Waals surface area (Å²) in [6.45, 7) is 4.02. The van der Waals surface area contributed by atoms with Crippen molar-refractivity contribution in [2.45, 2.75) is 49.6 Å². The fraction of sp³-hybridized carbons (Fsp3) is 0.478. The van der Waals surface area contributed by atoms with Crippen molar-refractivity contribution in [3.8, 4) is 5.75 Å². The average molecular weight is 434 g/mol. The SMILES string of the molecule is C[C@@H]1C[C@H](COc2ccc(S(C)(=O)=O)cc2)CN1[C@@H]1CCc2c(Cl)cccc2C1. The molecule has 0 aromatic heterocycles. The molecule has 4 nitrogen and oxygen atoms in total. The van der Waals surface area contributed by atoms with Gasteiger partial charge >= 0.3 is 0 Å². The Morgan fingerprint density at radius 3 is 2.66 bits per heavy atom. The molecule has 0 unspecified atom stereocenters. The summed E-state index contributed by atoms with van der Waals surface area (Å²) in [5, 5.41) is 0.906. The third-order valence-corrected chi connectivity index (χ3v) is 7.80. The van der Waals surface area contributed by atoms with Gasteiger partial charge in [-0.3, -0.25) is 4.90 Å². The molecule has 2 aromatic carbocycles. The summed E-state index contributed by atoms with van der Waals surface area (Å²) < 4.78 is 29.1. The Labute approximate surface area is 178 Å². The van der Waals surface area contributed by atoms with Crippen molar-refractivity contribution in [1.29, 1.82) is 0 Å². The van der Waals surface area contributed by atoms with E-state index >= 15 is 0 Å². The fourth-order valence-corrected chi connectivity index (χ4v) is 5.74. The van der Waals surface area contributed by atoms with Gasteiger partial charge in [0, 0.05) is 35.8 Å². The Bertz CT molecular complexity index is 974. The summed E-state index contributed by atoms with van der Waals surface area (Å²) in [6.07, 6.45) is 5.62. The maximum atomic E-state index is 11.6. The molecular weight excluding hydrogens is 406 g/mol. The van der Waals surface area contributed by atoms with Crippen molar-refractivity contribution >= 4 is 21.4 Å². The third kappa shape index (κ3) is 4.62. The van der Waals surface area contributed by atoms with Gasteiger partial charge in [0.1, 0.15) is 5.75 Å². The van der Waals surface area contributed by atoms with Crippen LogP contribution in [-0.4, -0.2) is 44.8 Å². The molecule has 1 heterocycles. The number of halogens is 1. The van der Waals surface area contributed by atoms with Gasteiger partial charge in [-0.1, -0.05) is 23.7 Å². The highest BCUT2D eigenvalue weighted by Crippen LogP contribution is 2.34. The number of nitrogens with zero attached hydrogens (tertiary/aromatic N) is 1. The van der Waals surface area contributed by atoms with Crippen LogP contribution >= 0.6 is 11.6 Å². The van der Waals surface area contributed by atoms with Crippen LogP contribution in [0.25, 0.3) is 0 Å². The molecule has 0 radical (unpaired) electrons. The van der Waals surface area contributed by atoms with Gasteiger partial charge in [-0.25, -0.2) is 8.42 Å². The van der Waals surface area contributed by atoms with E-state index < -0.39 is 9.84 Å². The minimum atomic E-state index is -3.17. The Hall–Kier alpha value is -1.56. The standard InChI is InChI=1S/C23H28ClNO3S/c1-16-12-17(15-28-20-7-9-21(10-8-20)29(2,26)27)14-25(16)19-6-11-22-18(13-19)4-3-5-23(22)24/h3-5,7-10,16-17,19H,6,11-15H2,1-2H3/t16-,17+,19-/m1/s1. The fourth-order valence-electron chi connectivity index (χ4n) is 4.82. The highest BCUT2D eigenvalue weighted by molar-refractivity contribution is 7.90. The van der Waals surface area contributed by atoms with E-state index in [1.807, 2.05) is 6.07 Å². The van der Waals surface area contributed by atoms with E-state index in [0.29, 0.717) is 29.5 Å². The molecule has 2 aliphatic rings. The predicted molar refractivity (Wildman–Crippen MR) is 117 cm³/mol. The Balaban J connectivity index is 1.34. The van der Waals surface area contributed by atoms with Gasteiger partial charge < -0.3 is 4.74 Å². The van der Waals surface area contributed by atoms with Crippen LogP contribution in [0.4, 0.5) is 0 Å². The Morgan fingerprint density at radius 1 is 1.17 bits per heavy atom. The normalized spacial score (nSPS) is 25.0. The lowest BCUT2D eigenvalue weighted by molar-refractivity contribution is 0.164. The van der Waals surface area contributed by atoms with E-state index in [1.165, 1.54) is 17.4 Å². The molecule has 0 N–H and O–H groups in total. The summed E-state index contributed by atoms with van der Waals surface area (Å²) in [7, 11) is -3.17. The molecular formula is C23H28ClNO3S. The van der Waals surface area contributed by atoms with Crippen LogP contribution in [0.5, 0.6) is 5.75 Å². The minimum Gasteiger partial charge on any atom is -0.493 e. The van der Waals surface area contributed by atoms with E-state index in [2.05, 4.69) is 24.0 Å². The average Bonchev–Trinajstić information content (AvgIpc) is 3.06. The molecule has 1 aliphatic heterocycles. The van der Waals surface area contributed by atoms with Crippen molar-refractivity contribution in [2.75, 3.05) is 19.4 Å². The maximum Gasteiger partial charge on any atom is 0.175 e. The lowest BCUT2D eigenvalue weighted by atomic mass is 9.87. The number of fused-ring (bicyclic) bond motifs is 1. The summed E-state index contributed by atoms with van der Waals surface area (Å²) >= 11 is 6.37. The molecule has 1 saturated heterocycles. The molecule has 3 atom stereocenters. The van der Waals surface area contributed by atoms with Crippen LogP contribution in [0.15, 0.2) is 47.4 Å². The Morgan fingerprint density at radius 2 is 1.93 bits per heavy atom. The number of ether oxygens (including phenoxy) is 1. The van der Waals surface area contributed by atoms with Crippen molar-refractivity contribution in [1.82, 2.24) is 4.90 Å². The molecule has 0 amide bonds. The highest BCUT2D eigenvalue weighted by atomic mass is 35.5. The highest BCUT2D eigenvalue weighted by Gasteiger charge is 2.35. The molecule has 0 bridgehead atoms. The van der Waals surface area contributed by atoms with Gasteiger partial charge in [0.05, 0.1) is 11.5 Å². The maximum absolute atomic E-state index is 11.6. The second kappa shape index (κ2) is 8.29. The molecule has 6 heteroatoms. The van der Waals surface area contributed by atoms with E-state index in [-0.39, 0.29) is 0 Å². The number of rotatable bonds is 5. The number of hydrogen-bond acceptors (Lipinski definition) is 4. The largest absolute Gasteiger partial charge is 0.493 e. The molecule has 156 valence electrons. The Kier molecular flexibility index (Phi) is 5.92. The van der Waals surface area contributed by atoms with E-state index in [9.17, 15) is 8.42 Å². The summed E-state index contributed by atoms with van der Waals surface area (Å²) in [6, 6.07) is 14.1. The van der Waals surface area contributed by atoms with Crippen molar-refractivity contribution < 1.29 is 13.2 Å². The summed E-state index contributed by atoms with van der Waals surface area (Å²) in [5.41, 5.74) is 2.72. The second-order valence-electron chi connectivity index (χ2n) is 8.48. The van der Waals surface area contributed by atoms with Gasteiger partial charge in [-0.2, -0.15) is 0 Å². The van der Waals surface area contributed by atoms with Gasteiger partial charge in [0.25, 0.3) is 0 Å². The number of benzene rings is 2. The zero-order chi connectivity index (χ0) is 20.6. The lowest BCUT2D eigenvalue weighted by Crippen LogP contribution is -2.41. The van der Waals surface area contributed by atoms with Crippen molar-refractivity contribution in [3.63, 3.8) is 0 Å². The quantitative estimate of drug-likeness (QED) is 0.701. The zero-order valence-corrected chi connectivity index (χ0v) is 18.5. The second-order valence-corrected chi connectivity index (χ2v) is 10.9.